The van der Waals surface area contributed by atoms with Gasteiger partial charge in [0.15, 0.2) is 0 Å². The van der Waals surface area contributed by atoms with Gasteiger partial charge in [0.25, 0.3) is 0 Å². The zero-order valence-electron chi connectivity index (χ0n) is 11.0. The molecular weight excluding hydrogens is 343 g/mol. The van der Waals surface area contributed by atoms with Gasteiger partial charge in [0.2, 0.25) is 0 Å². The van der Waals surface area contributed by atoms with E-state index >= 15 is 0 Å². The normalized spacial score (nSPS) is 12.4. The third-order valence-corrected chi connectivity index (χ3v) is 4.03. The van der Waals surface area contributed by atoms with E-state index in [4.69, 9.17) is 11.6 Å². The van der Waals surface area contributed by atoms with Crippen LogP contribution in [-0.2, 0) is 6.42 Å². The summed E-state index contributed by atoms with van der Waals surface area (Å²) in [5.41, 5.74) is 2.04. The van der Waals surface area contributed by atoms with E-state index < -0.39 is 0 Å². The van der Waals surface area contributed by atoms with Crippen molar-refractivity contribution in [3.05, 3.63) is 63.1 Å². The quantitative estimate of drug-likeness (QED) is 0.850. The fourth-order valence-corrected chi connectivity index (χ4v) is 2.67. The molecule has 0 amide bonds. The maximum absolute atomic E-state index is 13.3. The Morgan fingerprint density at radius 3 is 2.85 bits per heavy atom. The van der Waals surface area contributed by atoms with Crippen molar-refractivity contribution < 1.29 is 4.39 Å². The van der Waals surface area contributed by atoms with Crippen molar-refractivity contribution in [3.63, 3.8) is 0 Å². The van der Waals surface area contributed by atoms with Crippen LogP contribution in [0.3, 0.4) is 0 Å². The molecule has 106 valence electrons. The number of nitrogens with one attached hydrogen (secondary N) is 1. The summed E-state index contributed by atoms with van der Waals surface area (Å²) in [5.74, 6) is -0.258. The molecule has 0 spiro atoms. The topological polar surface area (TPSA) is 24.9 Å². The first-order valence-electron chi connectivity index (χ1n) is 6.38. The summed E-state index contributed by atoms with van der Waals surface area (Å²) >= 11 is 9.38. The van der Waals surface area contributed by atoms with Crippen molar-refractivity contribution in [1.82, 2.24) is 10.3 Å². The van der Waals surface area contributed by atoms with Gasteiger partial charge in [-0.2, -0.15) is 0 Å². The summed E-state index contributed by atoms with van der Waals surface area (Å²) < 4.78 is 13.8. The standard InChI is InChI=1S/C15H15BrClFN2/c1-2-20-15(8-10-5-6-19-9-13(10)17)11-3-4-14(18)12(16)7-11/h3-7,9,15,20H,2,8H2,1H3. The minimum atomic E-state index is -0.258. The van der Waals surface area contributed by atoms with E-state index in [1.165, 1.54) is 6.07 Å². The molecule has 2 rings (SSSR count). The fourth-order valence-electron chi connectivity index (χ4n) is 2.07. The summed E-state index contributed by atoms with van der Waals surface area (Å²) in [6, 6.07) is 7.06. The summed E-state index contributed by atoms with van der Waals surface area (Å²) in [6.07, 6.45) is 4.10. The predicted octanol–water partition coefficient (Wildman–Crippen LogP) is 4.53. The molecule has 0 aliphatic heterocycles. The van der Waals surface area contributed by atoms with E-state index in [2.05, 4.69) is 26.2 Å². The third-order valence-electron chi connectivity index (χ3n) is 3.08. The maximum Gasteiger partial charge on any atom is 0.137 e. The Hall–Kier alpha value is -0.970. The molecule has 1 aromatic heterocycles. The first-order valence-corrected chi connectivity index (χ1v) is 7.55. The highest BCUT2D eigenvalue weighted by Gasteiger charge is 2.14. The predicted molar refractivity (Wildman–Crippen MR) is 83.5 cm³/mol. The molecule has 1 unspecified atom stereocenters. The van der Waals surface area contributed by atoms with Gasteiger partial charge in [-0.05, 0) is 58.2 Å². The lowest BCUT2D eigenvalue weighted by Gasteiger charge is -2.19. The molecule has 0 aliphatic rings. The van der Waals surface area contributed by atoms with Gasteiger partial charge in [-0.1, -0.05) is 24.6 Å². The second-order valence-corrected chi connectivity index (χ2v) is 5.72. The van der Waals surface area contributed by atoms with Crippen LogP contribution in [0.4, 0.5) is 4.39 Å². The van der Waals surface area contributed by atoms with Crippen molar-refractivity contribution in [1.29, 1.82) is 0 Å². The van der Waals surface area contributed by atoms with Crippen LogP contribution in [0.5, 0.6) is 0 Å². The average Bonchev–Trinajstić information content (AvgIpc) is 2.44. The van der Waals surface area contributed by atoms with Gasteiger partial charge in [0, 0.05) is 18.4 Å². The molecular formula is C15H15BrClFN2. The fraction of sp³-hybridized carbons (Fsp3) is 0.267. The first-order chi connectivity index (χ1) is 9.61. The largest absolute Gasteiger partial charge is 0.310 e. The maximum atomic E-state index is 13.3. The summed E-state index contributed by atoms with van der Waals surface area (Å²) in [4.78, 5) is 3.99. The number of aromatic nitrogens is 1. The van der Waals surface area contributed by atoms with Crippen molar-refractivity contribution in [2.45, 2.75) is 19.4 Å². The Kier molecular flexibility index (Phi) is 5.52. The van der Waals surface area contributed by atoms with Crippen LogP contribution in [0.1, 0.15) is 24.1 Å². The number of halogens is 3. The average molecular weight is 358 g/mol. The van der Waals surface area contributed by atoms with Gasteiger partial charge in [-0.25, -0.2) is 4.39 Å². The van der Waals surface area contributed by atoms with Crippen LogP contribution in [0, 0.1) is 5.82 Å². The van der Waals surface area contributed by atoms with Crippen LogP contribution in [0.2, 0.25) is 5.02 Å². The van der Waals surface area contributed by atoms with Crippen LogP contribution in [0.25, 0.3) is 0 Å². The molecule has 1 heterocycles. The van der Waals surface area contributed by atoms with Crippen LogP contribution in [0.15, 0.2) is 41.1 Å². The van der Waals surface area contributed by atoms with Gasteiger partial charge >= 0.3 is 0 Å². The number of benzene rings is 1. The van der Waals surface area contributed by atoms with Crippen LogP contribution in [-0.4, -0.2) is 11.5 Å². The van der Waals surface area contributed by atoms with Crippen molar-refractivity contribution in [3.8, 4) is 0 Å². The van der Waals surface area contributed by atoms with Gasteiger partial charge in [-0.15, -0.1) is 0 Å². The van der Waals surface area contributed by atoms with Crippen molar-refractivity contribution in [2.24, 2.45) is 0 Å². The molecule has 1 aromatic carbocycles. The van der Waals surface area contributed by atoms with E-state index in [0.717, 1.165) is 24.1 Å². The smallest absolute Gasteiger partial charge is 0.137 e. The molecule has 20 heavy (non-hydrogen) atoms. The van der Waals surface area contributed by atoms with Gasteiger partial charge in [0.05, 0.1) is 9.50 Å². The molecule has 1 atom stereocenters. The number of hydrogen-bond donors (Lipinski definition) is 1. The molecule has 0 saturated carbocycles. The van der Waals surface area contributed by atoms with Gasteiger partial charge in [0.1, 0.15) is 5.82 Å². The highest BCUT2D eigenvalue weighted by atomic mass is 79.9. The molecule has 0 fully saturated rings. The Morgan fingerprint density at radius 2 is 2.20 bits per heavy atom. The number of likely N-dealkylation sites (N-methyl/N-ethyl adjacent to an activating group) is 1. The Morgan fingerprint density at radius 1 is 1.40 bits per heavy atom. The van der Waals surface area contributed by atoms with Gasteiger partial charge in [-0.3, -0.25) is 4.98 Å². The van der Waals surface area contributed by atoms with E-state index in [0.29, 0.717) is 9.50 Å². The lowest BCUT2D eigenvalue weighted by atomic mass is 9.99. The summed E-state index contributed by atoms with van der Waals surface area (Å²) in [5, 5.41) is 4.05. The molecule has 1 N–H and O–H groups in total. The zero-order valence-corrected chi connectivity index (χ0v) is 13.4. The highest BCUT2D eigenvalue weighted by molar-refractivity contribution is 9.10. The Labute approximate surface area is 131 Å². The number of pyridine rings is 1. The second-order valence-electron chi connectivity index (χ2n) is 4.46. The van der Waals surface area contributed by atoms with E-state index in [-0.39, 0.29) is 11.9 Å². The molecule has 0 saturated heterocycles. The number of nitrogens with zero attached hydrogens (tertiary/aromatic N) is 1. The Bertz CT molecular complexity index is 592. The van der Waals surface area contributed by atoms with Crippen LogP contribution < -0.4 is 5.32 Å². The lowest BCUT2D eigenvalue weighted by molar-refractivity contribution is 0.546. The molecule has 0 bridgehead atoms. The molecule has 0 aliphatic carbocycles. The van der Waals surface area contributed by atoms with Crippen molar-refractivity contribution >= 4 is 27.5 Å². The van der Waals surface area contributed by atoms with Gasteiger partial charge < -0.3 is 5.32 Å². The molecule has 0 radical (unpaired) electrons. The first kappa shape index (κ1) is 15.4. The van der Waals surface area contributed by atoms with E-state index in [9.17, 15) is 4.39 Å². The third kappa shape index (κ3) is 3.78. The van der Waals surface area contributed by atoms with Crippen molar-refractivity contribution in [2.75, 3.05) is 6.54 Å². The number of hydrogen-bond acceptors (Lipinski definition) is 2. The molecule has 5 heteroatoms. The van der Waals surface area contributed by atoms with Crippen LogP contribution >= 0.6 is 27.5 Å². The summed E-state index contributed by atoms with van der Waals surface area (Å²) in [7, 11) is 0. The second kappa shape index (κ2) is 7.16. The SMILES string of the molecule is CCNC(Cc1ccncc1Cl)c1ccc(F)c(Br)c1. The summed E-state index contributed by atoms with van der Waals surface area (Å²) in [6.45, 7) is 2.86. The highest BCUT2D eigenvalue weighted by Crippen LogP contribution is 2.26. The molecule has 2 nitrogen and oxygen atoms in total. The van der Waals surface area contributed by atoms with E-state index in [1.807, 2.05) is 13.0 Å². The minimum Gasteiger partial charge on any atom is -0.310 e. The Balaban J connectivity index is 2.27. The number of rotatable bonds is 5. The minimum absolute atomic E-state index is 0.0804. The van der Waals surface area contributed by atoms with E-state index in [1.54, 1.807) is 24.5 Å². The molecule has 2 aromatic rings. The zero-order chi connectivity index (χ0) is 14.5. The lowest BCUT2D eigenvalue weighted by Crippen LogP contribution is -2.23. The monoisotopic (exact) mass is 356 g/mol.